The number of fused-ring (bicyclic) bond motifs is 1. The molecule has 2 aromatic carbocycles. The first kappa shape index (κ1) is 18.0. The van der Waals surface area contributed by atoms with E-state index < -0.39 is 0 Å². The third-order valence-corrected chi connectivity index (χ3v) is 4.45. The van der Waals surface area contributed by atoms with Gasteiger partial charge in [-0.15, -0.1) is 0 Å². The first-order chi connectivity index (χ1) is 12.6. The monoisotopic (exact) mass is 351 g/mol. The predicted octanol–water partition coefficient (Wildman–Crippen LogP) is 3.66. The summed E-state index contributed by atoms with van der Waals surface area (Å²) < 4.78 is 7.68. The molecule has 0 N–H and O–H groups in total. The number of hydrogen-bond acceptors (Lipinski definition) is 3. The minimum atomic E-state index is 0.0501. The highest BCUT2D eigenvalue weighted by Gasteiger charge is 2.16. The van der Waals surface area contributed by atoms with Gasteiger partial charge in [-0.25, -0.2) is 4.98 Å². The second-order valence-corrected chi connectivity index (χ2v) is 6.25. The quantitative estimate of drug-likeness (QED) is 0.653. The average Bonchev–Trinajstić information content (AvgIpc) is 3.01. The number of carbonyl (C=O) groups is 1. The van der Waals surface area contributed by atoms with Crippen LogP contribution in [0.3, 0.4) is 0 Å². The summed E-state index contributed by atoms with van der Waals surface area (Å²) >= 11 is 0. The maximum absolute atomic E-state index is 12.8. The highest BCUT2D eigenvalue weighted by atomic mass is 16.5. The van der Waals surface area contributed by atoms with Gasteiger partial charge in [0.1, 0.15) is 18.1 Å². The van der Waals surface area contributed by atoms with Crippen molar-refractivity contribution in [3.8, 4) is 5.75 Å². The van der Waals surface area contributed by atoms with Gasteiger partial charge in [-0.2, -0.15) is 0 Å². The molecule has 0 saturated heterocycles. The van der Waals surface area contributed by atoms with Crippen LogP contribution in [0.2, 0.25) is 0 Å². The standard InChI is InChI=1S/C21H25N3O2/c1-4-20-22-17-11-7-8-12-18(17)24(20)15-21(25)23(3)14-16-10-6-9-13-19(16)26-5-2/h6-13H,4-5,14-15H2,1-3H3. The maximum atomic E-state index is 12.8. The Morgan fingerprint density at radius 3 is 2.62 bits per heavy atom. The molecule has 5 nitrogen and oxygen atoms in total. The molecular formula is C21H25N3O2. The van der Waals surface area contributed by atoms with Crippen LogP contribution in [0.5, 0.6) is 5.75 Å². The van der Waals surface area contributed by atoms with Crippen LogP contribution >= 0.6 is 0 Å². The number of benzene rings is 2. The summed E-state index contributed by atoms with van der Waals surface area (Å²) in [7, 11) is 1.83. The fourth-order valence-electron chi connectivity index (χ4n) is 3.10. The lowest BCUT2D eigenvalue weighted by atomic mass is 10.2. The van der Waals surface area contributed by atoms with Gasteiger partial charge in [-0.3, -0.25) is 4.79 Å². The summed E-state index contributed by atoms with van der Waals surface area (Å²) in [5.41, 5.74) is 2.94. The molecule has 5 heteroatoms. The minimum absolute atomic E-state index is 0.0501. The van der Waals surface area contributed by atoms with Crippen LogP contribution in [-0.2, 0) is 24.3 Å². The number of ether oxygens (including phenoxy) is 1. The third kappa shape index (κ3) is 3.72. The average molecular weight is 351 g/mol. The van der Waals surface area contributed by atoms with Crippen LogP contribution in [0.1, 0.15) is 25.2 Å². The van der Waals surface area contributed by atoms with E-state index in [1.807, 2.05) is 67.1 Å². The number of hydrogen-bond donors (Lipinski definition) is 0. The first-order valence-corrected chi connectivity index (χ1v) is 9.02. The molecule has 1 heterocycles. The fraction of sp³-hybridized carbons (Fsp3) is 0.333. The zero-order valence-corrected chi connectivity index (χ0v) is 15.6. The van der Waals surface area contributed by atoms with Crippen LogP contribution in [0.4, 0.5) is 0 Å². The Morgan fingerprint density at radius 1 is 1.12 bits per heavy atom. The van der Waals surface area contributed by atoms with Gasteiger partial charge in [-0.1, -0.05) is 37.3 Å². The number of imidazole rings is 1. The Kier molecular flexibility index (Phi) is 5.56. The van der Waals surface area contributed by atoms with Crippen molar-refractivity contribution < 1.29 is 9.53 Å². The molecule has 3 aromatic rings. The SMILES string of the molecule is CCOc1ccccc1CN(C)C(=O)Cn1c(CC)nc2ccccc21. The molecule has 0 atom stereocenters. The molecule has 0 aliphatic carbocycles. The Morgan fingerprint density at radius 2 is 1.85 bits per heavy atom. The fourth-order valence-corrected chi connectivity index (χ4v) is 3.10. The molecule has 1 aromatic heterocycles. The maximum Gasteiger partial charge on any atom is 0.242 e. The minimum Gasteiger partial charge on any atom is -0.494 e. The van der Waals surface area contributed by atoms with E-state index in [0.717, 1.165) is 34.6 Å². The molecule has 0 fully saturated rings. The van der Waals surface area contributed by atoms with Crippen LogP contribution in [-0.4, -0.2) is 34.0 Å². The van der Waals surface area contributed by atoms with E-state index >= 15 is 0 Å². The van der Waals surface area contributed by atoms with Gasteiger partial charge in [0, 0.05) is 25.6 Å². The van der Waals surface area contributed by atoms with E-state index in [9.17, 15) is 4.79 Å². The van der Waals surface area contributed by atoms with E-state index in [-0.39, 0.29) is 12.5 Å². The molecule has 26 heavy (non-hydrogen) atoms. The van der Waals surface area contributed by atoms with Gasteiger partial charge >= 0.3 is 0 Å². The van der Waals surface area contributed by atoms with Gasteiger partial charge in [0.05, 0.1) is 17.6 Å². The van der Waals surface area contributed by atoms with Crippen molar-refractivity contribution in [2.24, 2.45) is 0 Å². The third-order valence-electron chi connectivity index (χ3n) is 4.45. The lowest BCUT2D eigenvalue weighted by Crippen LogP contribution is -2.30. The summed E-state index contributed by atoms with van der Waals surface area (Å²) in [6, 6.07) is 15.8. The van der Waals surface area contributed by atoms with Gasteiger partial charge < -0.3 is 14.2 Å². The zero-order valence-electron chi connectivity index (χ0n) is 15.6. The number of para-hydroxylation sites is 3. The Balaban J connectivity index is 1.78. The first-order valence-electron chi connectivity index (χ1n) is 9.02. The summed E-state index contributed by atoms with van der Waals surface area (Å²) in [5, 5.41) is 0. The summed E-state index contributed by atoms with van der Waals surface area (Å²) in [6.45, 7) is 5.43. The number of carbonyl (C=O) groups excluding carboxylic acids is 1. The molecule has 0 radical (unpaired) electrons. The number of aromatic nitrogens is 2. The second kappa shape index (κ2) is 8.04. The number of nitrogens with zero attached hydrogens (tertiary/aromatic N) is 3. The van der Waals surface area contributed by atoms with Gasteiger partial charge in [0.25, 0.3) is 0 Å². The molecule has 0 aliphatic rings. The molecule has 1 amide bonds. The molecule has 136 valence electrons. The van der Waals surface area contributed by atoms with Crippen molar-refractivity contribution >= 4 is 16.9 Å². The van der Waals surface area contributed by atoms with Gasteiger partial charge in [0.2, 0.25) is 5.91 Å². The Bertz CT molecular complexity index is 901. The van der Waals surface area contributed by atoms with Crippen molar-refractivity contribution in [1.29, 1.82) is 0 Å². The van der Waals surface area contributed by atoms with Gasteiger partial charge in [0.15, 0.2) is 0 Å². The highest BCUT2D eigenvalue weighted by Crippen LogP contribution is 2.20. The molecule has 0 saturated carbocycles. The normalized spacial score (nSPS) is 10.9. The van der Waals surface area contributed by atoms with E-state index in [4.69, 9.17) is 4.74 Å². The zero-order chi connectivity index (χ0) is 18.5. The van der Waals surface area contributed by atoms with Crippen LogP contribution in [0, 0.1) is 0 Å². The van der Waals surface area contributed by atoms with Crippen molar-refractivity contribution in [3.05, 3.63) is 59.9 Å². The van der Waals surface area contributed by atoms with Crippen molar-refractivity contribution in [2.75, 3.05) is 13.7 Å². The number of amides is 1. The van der Waals surface area contributed by atoms with E-state index in [1.165, 1.54) is 0 Å². The number of rotatable bonds is 7. The number of likely N-dealkylation sites (N-methyl/N-ethyl adjacent to an activating group) is 1. The molecule has 0 unspecified atom stereocenters. The van der Waals surface area contributed by atoms with Crippen molar-refractivity contribution in [2.45, 2.75) is 33.4 Å². The lowest BCUT2D eigenvalue weighted by molar-refractivity contribution is -0.131. The molecule has 0 spiro atoms. The molecule has 0 aliphatic heterocycles. The highest BCUT2D eigenvalue weighted by molar-refractivity contribution is 5.81. The largest absolute Gasteiger partial charge is 0.494 e. The smallest absolute Gasteiger partial charge is 0.242 e. The molecule has 0 bridgehead atoms. The molecule has 3 rings (SSSR count). The molecular weight excluding hydrogens is 326 g/mol. The topological polar surface area (TPSA) is 47.4 Å². The van der Waals surface area contributed by atoms with E-state index in [1.54, 1.807) is 4.90 Å². The summed E-state index contributed by atoms with van der Waals surface area (Å²) in [6.07, 6.45) is 0.791. The predicted molar refractivity (Wildman–Crippen MR) is 103 cm³/mol. The van der Waals surface area contributed by atoms with Crippen LogP contribution < -0.4 is 4.74 Å². The van der Waals surface area contributed by atoms with Crippen LogP contribution in [0.25, 0.3) is 11.0 Å². The van der Waals surface area contributed by atoms with Crippen LogP contribution in [0.15, 0.2) is 48.5 Å². The number of aryl methyl sites for hydroxylation is 1. The van der Waals surface area contributed by atoms with E-state index in [0.29, 0.717) is 13.2 Å². The summed E-state index contributed by atoms with van der Waals surface area (Å²) in [4.78, 5) is 19.2. The lowest BCUT2D eigenvalue weighted by Gasteiger charge is -2.20. The van der Waals surface area contributed by atoms with Crippen molar-refractivity contribution in [1.82, 2.24) is 14.5 Å². The van der Waals surface area contributed by atoms with Crippen molar-refractivity contribution in [3.63, 3.8) is 0 Å². The Hall–Kier alpha value is -2.82. The second-order valence-electron chi connectivity index (χ2n) is 6.25. The van der Waals surface area contributed by atoms with E-state index in [2.05, 4.69) is 11.9 Å². The Labute approximate surface area is 154 Å². The van der Waals surface area contributed by atoms with Gasteiger partial charge in [-0.05, 0) is 25.1 Å². The summed E-state index contributed by atoms with van der Waals surface area (Å²) in [5.74, 6) is 1.81.